The monoisotopic (exact) mass is 471 g/mol. The molecule has 10 heteroatoms. The molecule has 166 valence electrons. The average molecular weight is 472 g/mol. The summed E-state index contributed by atoms with van der Waals surface area (Å²) in [6.45, 7) is 3.42. The van der Waals surface area contributed by atoms with Crippen LogP contribution < -0.4 is 10.1 Å². The van der Waals surface area contributed by atoms with Crippen LogP contribution in [0.25, 0.3) is 11.0 Å². The van der Waals surface area contributed by atoms with Gasteiger partial charge >= 0.3 is 0 Å². The number of carbonyl (C=O) groups is 1. The number of aliphatic hydroxyl groups excluding tert-OH is 1. The lowest BCUT2D eigenvalue weighted by Gasteiger charge is -2.23. The topological polar surface area (TPSA) is 76.4 Å². The van der Waals surface area contributed by atoms with Gasteiger partial charge in [-0.1, -0.05) is 43.1 Å². The number of carbonyl (C=O) groups excluding carboxylic acids is 1. The highest BCUT2D eigenvalue weighted by Crippen LogP contribution is 2.31. The van der Waals surface area contributed by atoms with Crippen LogP contribution in [0.2, 0.25) is 10.0 Å². The smallest absolute Gasteiger partial charge is 0.243 e. The summed E-state index contributed by atoms with van der Waals surface area (Å²) in [7, 11) is 0. The van der Waals surface area contributed by atoms with Crippen molar-refractivity contribution in [3.05, 3.63) is 58.3 Å². The second kappa shape index (κ2) is 9.80. The minimum atomic E-state index is -1.02. The zero-order valence-corrected chi connectivity index (χ0v) is 18.3. The van der Waals surface area contributed by atoms with E-state index in [0.717, 1.165) is 12.1 Å². The van der Waals surface area contributed by atoms with Crippen LogP contribution in [0.15, 0.2) is 36.7 Å². The van der Waals surface area contributed by atoms with Crippen LogP contribution in [0.3, 0.4) is 0 Å². The zero-order chi connectivity index (χ0) is 22.7. The van der Waals surface area contributed by atoms with Crippen LogP contribution in [0.1, 0.15) is 19.9 Å². The molecule has 1 amide bonds. The van der Waals surface area contributed by atoms with E-state index >= 15 is 0 Å². The van der Waals surface area contributed by atoms with Crippen LogP contribution in [0.5, 0.6) is 5.75 Å². The number of nitrogens with one attached hydrogen (secondary N) is 1. The normalized spacial score (nSPS) is 13.4. The van der Waals surface area contributed by atoms with Gasteiger partial charge < -0.3 is 19.7 Å². The zero-order valence-electron chi connectivity index (χ0n) is 16.8. The van der Waals surface area contributed by atoms with Gasteiger partial charge in [0.1, 0.15) is 29.5 Å². The van der Waals surface area contributed by atoms with Crippen LogP contribution in [-0.2, 0) is 4.79 Å². The van der Waals surface area contributed by atoms with Gasteiger partial charge in [0.25, 0.3) is 0 Å². The number of nitrogens with zero attached hydrogens (tertiary/aromatic N) is 2. The molecular formula is C21H21Cl2F2N3O3. The lowest BCUT2D eigenvalue weighted by atomic mass is 10.0. The largest absolute Gasteiger partial charge is 0.489 e. The summed E-state index contributed by atoms with van der Waals surface area (Å²) in [6, 6.07) is 6.14. The minimum Gasteiger partial charge on any atom is -0.489 e. The van der Waals surface area contributed by atoms with Crippen molar-refractivity contribution in [3.8, 4) is 5.75 Å². The molecule has 0 bridgehead atoms. The molecule has 3 aromatic rings. The Hall–Kier alpha value is -2.42. The fourth-order valence-corrected chi connectivity index (χ4v) is 3.50. The molecule has 2 aromatic carbocycles. The van der Waals surface area contributed by atoms with Crippen molar-refractivity contribution < 1.29 is 23.4 Å². The molecule has 0 aliphatic carbocycles. The predicted molar refractivity (Wildman–Crippen MR) is 114 cm³/mol. The average Bonchev–Trinajstić information content (AvgIpc) is 3.10. The van der Waals surface area contributed by atoms with Gasteiger partial charge in [-0.05, 0) is 18.1 Å². The van der Waals surface area contributed by atoms with Gasteiger partial charge in [-0.2, -0.15) is 0 Å². The summed E-state index contributed by atoms with van der Waals surface area (Å²) in [4.78, 5) is 16.9. The fraction of sp³-hybridized carbons (Fsp3) is 0.333. The number of aromatic nitrogens is 2. The molecule has 2 atom stereocenters. The first-order chi connectivity index (χ1) is 14.7. The van der Waals surface area contributed by atoms with Crippen molar-refractivity contribution in [3.63, 3.8) is 0 Å². The van der Waals surface area contributed by atoms with Crippen molar-refractivity contribution >= 4 is 40.1 Å². The highest BCUT2D eigenvalue weighted by Gasteiger charge is 2.26. The van der Waals surface area contributed by atoms with Crippen LogP contribution in [0.4, 0.5) is 8.78 Å². The molecule has 6 nitrogen and oxygen atoms in total. The highest BCUT2D eigenvalue weighted by atomic mass is 35.5. The molecule has 0 saturated carbocycles. The van der Waals surface area contributed by atoms with E-state index in [1.54, 1.807) is 18.2 Å². The maximum Gasteiger partial charge on any atom is 0.243 e. The summed E-state index contributed by atoms with van der Waals surface area (Å²) in [5.41, 5.74) is 0.538. The Bertz CT molecular complexity index is 1090. The Labute approximate surface area is 187 Å². The van der Waals surface area contributed by atoms with Crippen molar-refractivity contribution in [1.29, 1.82) is 0 Å². The number of fused-ring (bicyclic) bond motifs is 1. The number of halogens is 4. The third-order valence-electron chi connectivity index (χ3n) is 4.68. The third kappa shape index (κ3) is 5.26. The Kier molecular flexibility index (Phi) is 7.35. The molecule has 3 rings (SSSR count). The molecule has 31 heavy (non-hydrogen) atoms. The molecule has 1 heterocycles. The maximum atomic E-state index is 13.7. The number of hydrogen-bond acceptors (Lipinski definition) is 4. The highest BCUT2D eigenvalue weighted by molar-refractivity contribution is 6.42. The summed E-state index contributed by atoms with van der Waals surface area (Å²) in [5, 5.41) is 13.4. The summed E-state index contributed by atoms with van der Waals surface area (Å²) in [6.07, 6.45) is 0.354. The summed E-state index contributed by atoms with van der Waals surface area (Å²) >= 11 is 12.0. The SMILES string of the molecule is CC(C)C(C(=O)NCC(O)COc1cccc(Cl)c1Cl)n1cnc2cc(F)c(F)cc21. The van der Waals surface area contributed by atoms with E-state index in [1.165, 1.54) is 10.9 Å². The first-order valence-corrected chi connectivity index (χ1v) is 10.3. The Morgan fingerprint density at radius 2 is 1.97 bits per heavy atom. The first kappa shape index (κ1) is 23.2. The number of aliphatic hydroxyl groups is 1. The lowest BCUT2D eigenvalue weighted by Crippen LogP contribution is -2.40. The summed E-state index contributed by atoms with van der Waals surface area (Å²) < 4.78 is 34.1. The number of ether oxygens (including phenoxy) is 1. The fourth-order valence-electron chi connectivity index (χ4n) is 3.16. The van der Waals surface area contributed by atoms with E-state index in [9.17, 15) is 18.7 Å². The number of amides is 1. The third-order valence-corrected chi connectivity index (χ3v) is 5.48. The maximum absolute atomic E-state index is 13.7. The molecule has 0 saturated heterocycles. The van der Waals surface area contributed by atoms with E-state index in [2.05, 4.69) is 10.3 Å². The van der Waals surface area contributed by atoms with Gasteiger partial charge in [-0.25, -0.2) is 13.8 Å². The molecule has 2 N–H and O–H groups in total. The van der Waals surface area contributed by atoms with Gasteiger partial charge in [-0.3, -0.25) is 4.79 Å². The second-order valence-corrected chi connectivity index (χ2v) is 8.14. The molecule has 1 aromatic heterocycles. The molecule has 0 fully saturated rings. The number of benzene rings is 2. The number of rotatable bonds is 8. The number of imidazole rings is 1. The van der Waals surface area contributed by atoms with Gasteiger partial charge in [0.05, 0.1) is 22.4 Å². The molecule has 0 aliphatic heterocycles. The van der Waals surface area contributed by atoms with Crippen LogP contribution in [-0.4, -0.2) is 39.8 Å². The molecule has 0 spiro atoms. The second-order valence-electron chi connectivity index (χ2n) is 7.36. The molecule has 2 unspecified atom stereocenters. The van der Waals surface area contributed by atoms with E-state index in [0.29, 0.717) is 16.3 Å². The van der Waals surface area contributed by atoms with Gasteiger partial charge in [0, 0.05) is 18.7 Å². The Balaban J connectivity index is 1.66. The quantitative estimate of drug-likeness (QED) is 0.511. The van der Waals surface area contributed by atoms with Crippen molar-refractivity contribution in [2.45, 2.75) is 26.0 Å². The van der Waals surface area contributed by atoms with Gasteiger partial charge in [0.2, 0.25) is 5.91 Å². The summed E-state index contributed by atoms with van der Waals surface area (Å²) in [5.74, 6) is -2.31. The van der Waals surface area contributed by atoms with E-state index in [1.807, 2.05) is 13.8 Å². The predicted octanol–water partition coefficient (Wildman–Crippen LogP) is 4.37. The Morgan fingerprint density at radius 3 is 2.68 bits per heavy atom. The minimum absolute atomic E-state index is 0.0874. The van der Waals surface area contributed by atoms with Gasteiger partial charge in [0.15, 0.2) is 11.6 Å². The van der Waals surface area contributed by atoms with E-state index in [-0.39, 0.29) is 29.6 Å². The molecular weight excluding hydrogens is 451 g/mol. The van der Waals surface area contributed by atoms with Crippen molar-refractivity contribution in [2.24, 2.45) is 5.92 Å². The van der Waals surface area contributed by atoms with Crippen molar-refractivity contribution in [1.82, 2.24) is 14.9 Å². The first-order valence-electron chi connectivity index (χ1n) is 9.53. The van der Waals surface area contributed by atoms with Crippen LogP contribution in [0, 0.1) is 17.6 Å². The van der Waals surface area contributed by atoms with Crippen molar-refractivity contribution in [2.75, 3.05) is 13.2 Å². The molecule has 0 radical (unpaired) electrons. The Morgan fingerprint density at radius 1 is 1.26 bits per heavy atom. The van der Waals surface area contributed by atoms with Crippen LogP contribution >= 0.6 is 23.2 Å². The van der Waals surface area contributed by atoms with Gasteiger partial charge in [-0.15, -0.1) is 0 Å². The lowest BCUT2D eigenvalue weighted by molar-refractivity contribution is -0.126. The molecule has 0 aliphatic rings. The number of hydrogen-bond donors (Lipinski definition) is 2. The standard InChI is InChI=1S/C21H21Cl2F2N3O3/c1-11(2)20(28-10-27-16-6-14(24)15(25)7-17(16)28)21(30)26-8-12(29)9-31-18-5-3-4-13(22)19(18)23/h3-7,10-12,20,29H,8-9H2,1-2H3,(H,26,30). The van der Waals surface area contributed by atoms with E-state index < -0.39 is 29.7 Å². The van der Waals surface area contributed by atoms with E-state index in [4.69, 9.17) is 27.9 Å².